The van der Waals surface area contributed by atoms with E-state index in [1.54, 1.807) is 19.1 Å². The standard InChI is InChI=1S/C18H23FN2O/c1-3-9-20(12-15(2)22)14-18-8-5-10-21(18)13-16-6-4-7-17(19)11-16/h3-8,10-11,15,22H,1,9,12-14H2,2H3. The van der Waals surface area contributed by atoms with Crippen LogP contribution in [0.25, 0.3) is 0 Å². The number of aliphatic hydroxyl groups excluding tert-OH is 1. The lowest BCUT2D eigenvalue weighted by Crippen LogP contribution is -2.31. The maximum atomic E-state index is 13.3. The summed E-state index contributed by atoms with van der Waals surface area (Å²) in [6.45, 7) is 8.21. The molecule has 0 aliphatic heterocycles. The van der Waals surface area contributed by atoms with Crippen LogP contribution in [0.2, 0.25) is 0 Å². The van der Waals surface area contributed by atoms with Crippen molar-refractivity contribution < 1.29 is 9.50 Å². The maximum Gasteiger partial charge on any atom is 0.123 e. The first-order valence-corrected chi connectivity index (χ1v) is 7.48. The molecule has 0 saturated carbocycles. The smallest absolute Gasteiger partial charge is 0.123 e. The zero-order chi connectivity index (χ0) is 15.9. The fraction of sp³-hybridized carbons (Fsp3) is 0.333. The van der Waals surface area contributed by atoms with Crippen molar-refractivity contribution >= 4 is 0 Å². The molecular weight excluding hydrogens is 279 g/mol. The van der Waals surface area contributed by atoms with Crippen LogP contribution in [0, 0.1) is 5.82 Å². The molecule has 2 rings (SSSR count). The Hall–Kier alpha value is -1.91. The van der Waals surface area contributed by atoms with Gasteiger partial charge in [-0.1, -0.05) is 18.2 Å². The highest BCUT2D eigenvalue weighted by Gasteiger charge is 2.10. The molecule has 22 heavy (non-hydrogen) atoms. The normalized spacial score (nSPS) is 12.5. The van der Waals surface area contributed by atoms with Gasteiger partial charge in [0.2, 0.25) is 0 Å². The van der Waals surface area contributed by atoms with Crippen molar-refractivity contribution in [3.05, 3.63) is 72.3 Å². The molecule has 0 spiro atoms. The average molecular weight is 302 g/mol. The van der Waals surface area contributed by atoms with E-state index in [-0.39, 0.29) is 11.9 Å². The van der Waals surface area contributed by atoms with Crippen LogP contribution in [0.15, 0.2) is 55.3 Å². The Kier molecular flexibility index (Phi) is 5.92. The third-order valence-electron chi connectivity index (χ3n) is 3.46. The molecule has 0 saturated heterocycles. The second kappa shape index (κ2) is 7.92. The van der Waals surface area contributed by atoms with Crippen molar-refractivity contribution in [2.24, 2.45) is 0 Å². The minimum Gasteiger partial charge on any atom is -0.392 e. The lowest BCUT2D eigenvalue weighted by molar-refractivity contribution is 0.128. The van der Waals surface area contributed by atoms with Gasteiger partial charge in [0.25, 0.3) is 0 Å². The summed E-state index contributed by atoms with van der Waals surface area (Å²) in [6, 6.07) is 10.7. The average Bonchev–Trinajstić information content (AvgIpc) is 2.85. The van der Waals surface area contributed by atoms with E-state index in [4.69, 9.17) is 0 Å². The molecule has 4 heteroatoms. The quantitative estimate of drug-likeness (QED) is 0.759. The highest BCUT2D eigenvalue weighted by atomic mass is 19.1. The van der Waals surface area contributed by atoms with Crippen molar-refractivity contribution in [3.63, 3.8) is 0 Å². The van der Waals surface area contributed by atoms with E-state index in [1.165, 1.54) is 6.07 Å². The minimum atomic E-state index is -0.383. The lowest BCUT2D eigenvalue weighted by Gasteiger charge is -2.23. The van der Waals surface area contributed by atoms with Crippen LogP contribution >= 0.6 is 0 Å². The molecule has 1 unspecified atom stereocenters. The Morgan fingerprint density at radius 3 is 2.86 bits per heavy atom. The number of halogens is 1. The van der Waals surface area contributed by atoms with Crippen LogP contribution in [-0.2, 0) is 13.1 Å². The van der Waals surface area contributed by atoms with Crippen molar-refractivity contribution in [1.29, 1.82) is 0 Å². The van der Waals surface area contributed by atoms with Crippen LogP contribution in [0.1, 0.15) is 18.2 Å². The lowest BCUT2D eigenvalue weighted by atomic mass is 10.2. The van der Waals surface area contributed by atoms with E-state index < -0.39 is 0 Å². The summed E-state index contributed by atoms with van der Waals surface area (Å²) < 4.78 is 15.4. The maximum absolute atomic E-state index is 13.3. The molecule has 0 bridgehead atoms. The SMILES string of the molecule is C=CCN(Cc1cccn1Cc1cccc(F)c1)CC(C)O. The molecule has 1 aromatic carbocycles. The Morgan fingerprint density at radius 2 is 2.18 bits per heavy atom. The minimum absolute atomic E-state index is 0.214. The molecule has 1 heterocycles. The number of nitrogens with zero attached hydrogens (tertiary/aromatic N) is 2. The second-order valence-electron chi connectivity index (χ2n) is 5.59. The molecular formula is C18H23FN2O. The van der Waals surface area contributed by atoms with Gasteiger partial charge in [-0.05, 0) is 36.8 Å². The van der Waals surface area contributed by atoms with Gasteiger partial charge in [0.05, 0.1) is 6.10 Å². The Labute approximate surface area is 131 Å². The molecule has 0 aliphatic rings. The van der Waals surface area contributed by atoms with Gasteiger partial charge in [0.15, 0.2) is 0 Å². The number of benzene rings is 1. The third-order valence-corrected chi connectivity index (χ3v) is 3.46. The first-order valence-electron chi connectivity index (χ1n) is 7.48. The molecule has 0 fully saturated rings. The highest BCUT2D eigenvalue weighted by Crippen LogP contribution is 2.12. The van der Waals surface area contributed by atoms with Crippen molar-refractivity contribution in [2.45, 2.75) is 26.1 Å². The number of rotatable bonds is 8. The van der Waals surface area contributed by atoms with Crippen LogP contribution < -0.4 is 0 Å². The third kappa shape index (κ3) is 4.83. The molecule has 1 atom stereocenters. The summed E-state index contributed by atoms with van der Waals surface area (Å²) >= 11 is 0. The van der Waals surface area contributed by atoms with E-state index in [2.05, 4.69) is 22.1 Å². The molecule has 3 nitrogen and oxygen atoms in total. The van der Waals surface area contributed by atoms with Gasteiger partial charge in [-0.2, -0.15) is 0 Å². The van der Waals surface area contributed by atoms with Crippen molar-refractivity contribution in [2.75, 3.05) is 13.1 Å². The van der Waals surface area contributed by atoms with E-state index in [1.807, 2.05) is 24.4 Å². The predicted molar refractivity (Wildman–Crippen MR) is 87.1 cm³/mol. The van der Waals surface area contributed by atoms with E-state index >= 15 is 0 Å². The summed E-state index contributed by atoms with van der Waals surface area (Å²) in [4.78, 5) is 2.13. The topological polar surface area (TPSA) is 28.4 Å². The number of aromatic nitrogens is 1. The zero-order valence-corrected chi connectivity index (χ0v) is 13.0. The first-order chi connectivity index (χ1) is 10.6. The van der Waals surface area contributed by atoms with Crippen molar-refractivity contribution in [3.8, 4) is 0 Å². The molecule has 118 valence electrons. The molecule has 0 radical (unpaired) electrons. The van der Waals surface area contributed by atoms with E-state index in [0.717, 1.165) is 24.3 Å². The van der Waals surface area contributed by atoms with Gasteiger partial charge in [-0.3, -0.25) is 4.90 Å². The van der Waals surface area contributed by atoms with E-state index in [9.17, 15) is 9.50 Å². The summed E-state index contributed by atoms with van der Waals surface area (Å²) in [5.41, 5.74) is 2.06. The van der Waals surface area contributed by atoms with Gasteiger partial charge in [0.1, 0.15) is 5.82 Å². The molecule has 1 N–H and O–H groups in total. The Bertz CT molecular complexity index is 607. The summed E-state index contributed by atoms with van der Waals surface area (Å²) in [7, 11) is 0. The Balaban J connectivity index is 2.09. The van der Waals surface area contributed by atoms with Crippen LogP contribution in [0.4, 0.5) is 4.39 Å². The number of hydrogen-bond donors (Lipinski definition) is 1. The number of hydrogen-bond acceptors (Lipinski definition) is 2. The predicted octanol–water partition coefficient (Wildman–Crippen LogP) is 3.04. The zero-order valence-electron chi connectivity index (χ0n) is 13.0. The molecule has 1 aromatic heterocycles. The van der Waals surface area contributed by atoms with Gasteiger partial charge < -0.3 is 9.67 Å². The van der Waals surface area contributed by atoms with Crippen molar-refractivity contribution in [1.82, 2.24) is 9.47 Å². The molecule has 2 aromatic rings. The first kappa shape index (κ1) is 16.5. The van der Waals surface area contributed by atoms with Crippen LogP contribution in [0.3, 0.4) is 0 Å². The number of aliphatic hydroxyl groups is 1. The van der Waals surface area contributed by atoms with Crippen LogP contribution in [0.5, 0.6) is 0 Å². The fourth-order valence-corrected chi connectivity index (χ4v) is 2.57. The summed E-state index contributed by atoms with van der Waals surface area (Å²) in [5.74, 6) is -0.214. The summed E-state index contributed by atoms with van der Waals surface area (Å²) in [5, 5.41) is 9.59. The highest BCUT2D eigenvalue weighted by molar-refractivity contribution is 5.19. The second-order valence-corrected chi connectivity index (χ2v) is 5.59. The Morgan fingerprint density at radius 1 is 1.36 bits per heavy atom. The monoisotopic (exact) mass is 302 g/mol. The molecule has 0 amide bonds. The van der Waals surface area contributed by atoms with Gasteiger partial charge in [-0.15, -0.1) is 6.58 Å². The molecule has 0 aliphatic carbocycles. The van der Waals surface area contributed by atoms with Crippen LogP contribution in [-0.4, -0.2) is 33.8 Å². The summed E-state index contributed by atoms with van der Waals surface area (Å²) in [6.07, 6.45) is 3.45. The van der Waals surface area contributed by atoms with E-state index in [0.29, 0.717) is 13.1 Å². The van der Waals surface area contributed by atoms with Gasteiger partial charge in [0, 0.05) is 38.1 Å². The van der Waals surface area contributed by atoms with Gasteiger partial charge in [-0.25, -0.2) is 4.39 Å². The fourth-order valence-electron chi connectivity index (χ4n) is 2.57. The van der Waals surface area contributed by atoms with Gasteiger partial charge >= 0.3 is 0 Å². The largest absolute Gasteiger partial charge is 0.392 e.